The van der Waals surface area contributed by atoms with Crippen LogP contribution in [0.25, 0.3) is 11.3 Å². The van der Waals surface area contributed by atoms with Gasteiger partial charge in [-0.25, -0.2) is 4.98 Å². The first-order chi connectivity index (χ1) is 7.79. The number of rotatable bonds is 4. The van der Waals surface area contributed by atoms with Gasteiger partial charge in [-0.3, -0.25) is 0 Å². The maximum absolute atomic E-state index is 5.40. The van der Waals surface area contributed by atoms with E-state index >= 15 is 0 Å². The number of halogens is 1. The topological polar surface area (TPSA) is 66.7 Å². The molecule has 0 aliphatic heterocycles. The van der Waals surface area contributed by atoms with Crippen molar-refractivity contribution in [1.29, 1.82) is 0 Å². The van der Waals surface area contributed by atoms with Crippen LogP contribution >= 0.6 is 15.9 Å². The summed E-state index contributed by atoms with van der Waals surface area (Å²) in [5.41, 5.74) is 7.41. The molecule has 0 spiro atoms. The van der Waals surface area contributed by atoms with Gasteiger partial charge in [0.1, 0.15) is 0 Å². The van der Waals surface area contributed by atoms with Crippen LogP contribution in [0, 0.1) is 0 Å². The van der Waals surface area contributed by atoms with Crippen LogP contribution in [0.5, 0.6) is 0 Å². The van der Waals surface area contributed by atoms with Gasteiger partial charge in [0.15, 0.2) is 0 Å². The lowest BCUT2D eigenvalue weighted by molar-refractivity contribution is 1.00. The van der Waals surface area contributed by atoms with Crippen molar-refractivity contribution in [2.24, 2.45) is 5.73 Å². The Labute approximate surface area is 102 Å². The predicted octanol–water partition coefficient (Wildman–Crippen LogP) is 2.21. The first-order valence-electron chi connectivity index (χ1n) is 5.05. The number of nitrogens with zero attached hydrogens (tertiary/aromatic N) is 1. The summed E-state index contributed by atoms with van der Waals surface area (Å²) < 4.78 is 1.06. The molecule has 5 heteroatoms. The van der Waals surface area contributed by atoms with Gasteiger partial charge < -0.3 is 16.0 Å². The zero-order chi connectivity index (χ0) is 11.4. The molecule has 0 fully saturated rings. The molecule has 0 aliphatic carbocycles. The molecule has 16 heavy (non-hydrogen) atoms. The molecule has 0 unspecified atom stereocenters. The normalized spacial score (nSPS) is 10.4. The lowest BCUT2D eigenvalue weighted by atomic mass is 10.2. The molecule has 2 aromatic rings. The van der Waals surface area contributed by atoms with Gasteiger partial charge in [-0.2, -0.15) is 0 Å². The molecule has 0 bridgehead atoms. The van der Waals surface area contributed by atoms with E-state index in [1.807, 2.05) is 30.5 Å². The quantitative estimate of drug-likeness (QED) is 0.805. The number of hydrogen-bond acceptors (Lipinski definition) is 3. The molecule has 1 aromatic heterocycles. The van der Waals surface area contributed by atoms with Gasteiger partial charge in [0.25, 0.3) is 0 Å². The van der Waals surface area contributed by atoms with Gasteiger partial charge in [0, 0.05) is 29.3 Å². The maximum Gasteiger partial charge on any atom is 0.200 e. The summed E-state index contributed by atoms with van der Waals surface area (Å²) in [7, 11) is 0. The van der Waals surface area contributed by atoms with E-state index < -0.39 is 0 Å². The molecule has 0 aliphatic rings. The highest BCUT2D eigenvalue weighted by atomic mass is 79.9. The molecular weight excluding hydrogens is 268 g/mol. The highest BCUT2D eigenvalue weighted by molar-refractivity contribution is 9.10. The van der Waals surface area contributed by atoms with Gasteiger partial charge >= 0.3 is 0 Å². The maximum atomic E-state index is 5.40. The Morgan fingerprint density at radius 3 is 2.75 bits per heavy atom. The Kier molecular flexibility index (Phi) is 3.58. The van der Waals surface area contributed by atoms with Crippen LogP contribution in [0.2, 0.25) is 0 Å². The Hall–Kier alpha value is -1.33. The molecule has 2 rings (SSSR count). The highest BCUT2D eigenvalue weighted by Gasteiger charge is 2.02. The molecule has 0 radical (unpaired) electrons. The number of nitrogens with one attached hydrogen (secondary N) is 2. The van der Waals surface area contributed by atoms with E-state index in [-0.39, 0.29) is 0 Å². The fourth-order valence-corrected chi connectivity index (χ4v) is 1.64. The molecule has 4 nitrogen and oxygen atoms in total. The highest BCUT2D eigenvalue weighted by Crippen LogP contribution is 2.20. The number of hydrogen-bond donors (Lipinski definition) is 3. The third-order valence-corrected chi connectivity index (χ3v) is 2.68. The number of aromatic amines is 1. The van der Waals surface area contributed by atoms with Crippen LogP contribution in [-0.2, 0) is 0 Å². The van der Waals surface area contributed by atoms with Crippen molar-refractivity contribution in [1.82, 2.24) is 9.97 Å². The van der Waals surface area contributed by atoms with Crippen molar-refractivity contribution >= 4 is 21.9 Å². The molecule has 0 saturated heterocycles. The fourth-order valence-electron chi connectivity index (χ4n) is 1.37. The standard InChI is InChI=1S/C11H13BrN4/c12-9-3-1-8(2-4-9)10-7-15-11(16-10)14-6-5-13/h1-4,7H,5-6,13H2,(H2,14,15,16). The van der Waals surface area contributed by atoms with Crippen molar-refractivity contribution in [3.63, 3.8) is 0 Å². The molecular formula is C11H13BrN4. The summed E-state index contributed by atoms with van der Waals surface area (Å²) in [4.78, 5) is 7.47. The Balaban J connectivity index is 2.15. The first-order valence-corrected chi connectivity index (χ1v) is 5.84. The zero-order valence-corrected chi connectivity index (χ0v) is 10.3. The smallest absolute Gasteiger partial charge is 0.200 e. The summed E-state index contributed by atoms with van der Waals surface area (Å²) >= 11 is 3.40. The van der Waals surface area contributed by atoms with Crippen molar-refractivity contribution in [2.75, 3.05) is 18.4 Å². The summed E-state index contributed by atoms with van der Waals surface area (Å²) in [6, 6.07) is 8.04. The fraction of sp³-hybridized carbons (Fsp3) is 0.182. The number of nitrogens with two attached hydrogens (primary N) is 1. The number of aromatic nitrogens is 2. The predicted molar refractivity (Wildman–Crippen MR) is 69.3 cm³/mol. The van der Waals surface area contributed by atoms with Crippen LogP contribution in [0.3, 0.4) is 0 Å². The van der Waals surface area contributed by atoms with Gasteiger partial charge in [0.05, 0.1) is 5.69 Å². The Morgan fingerprint density at radius 2 is 2.06 bits per heavy atom. The van der Waals surface area contributed by atoms with E-state index in [2.05, 4.69) is 31.2 Å². The van der Waals surface area contributed by atoms with Gasteiger partial charge in [-0.15, -0.1) is 0 Å². The average molecular weight is 281 g/mol. The van der Waals surface area contributed by atoms with Crippen LogP contribution in [0.15, 0.2) is 34.9 Å². The second-order valence-electron chi connectivity index (χ2n) is 3.36. The molecule has 4 N–H and O–H groups in total. The largest absolute Gasteiger partial charge is 0.355 e. The van der Waals surface area contributed by atoms with Crippen LogP contribution in [0.1, 0.15) is 0 Å². The first kappa shape index (κ1) is 11.2. The van der Waals surface area contributed by atoms with Gasteiger partial charge in [-0.1, -0.05) is 28.1 Å². The lowest BCUT2D eigenvalue weighted by Crippen LogP contribution is -2.13. The van der Waals surface area contributed by atoms with Gasteiger partial charge in [-0.05, 0) is 12.1 Å². The molecule has 1 aromatic carbocycles. The van der Waals surface area contributed by atoms with Gasteiger partial charge in [0.2, 0.25) is 5.95 Å². The SMILES string of the molecule is NCCNc1nc(-c2ccc(Br)cc2)c[nH]1. The third-order valence-electron chi connectivity index (χ3n) is 2.15. The Bertz CT molecular complexity index is 449. The van der Waals surface area contributed by atoms with Crippen LogP contribution < -0.4 is 11.1 Å². The minimum absolute atomic E-state index is 0.592. The lowest BCUT2D eigenvalue weighted by Gasteiger charge is -1.98. The summed E-state index contributed by atoms with van der Waals surface area (Å²) in [6.45, 7) is 1.31. The van der Waals surface area contributed by atoms with Crippen molar-refractivity contribution < 1.29 is 0 Å². The summed E-state index contributed by atoms with van der Waals surface area (Å²) in [5.74, 6) is 0.753. The monoisotopic (exact) mass is 280 g/mol. The van der Waals surface area contributed by atoms with E-state index in [9.17, 15) is 0 Å². The number of benzene rings is 1. The molecule has 84 valence electrons. The summed E-state index contributed by atoms with van der Waals surface area (Å²) in [6.07, 6.45) is 1.88. The number of H-pyrrole nitrogens is 1. The van der Waals surface area contributed by atoms with Crippen molar-refractivity contribution in [2.45, 2.75) is 0 Å². The average Bonchev–Trinajstić information content (AvgIpc) is 2.76. The number of anilines is 1. The van der Waals surface area contributed by atoms with Crippen molar-refractivity contribution in [3.05, 3.63) is 34.9 Å². The van der Waals surface area contributed by atoms with E-state index in [4.69, 9.17) is 5.73 Å². The second kappa shape index (κ2) is 5.14. The minimum atomic E-state index is 0.592. The molecule has 0 atom stereocenters. The third kappa shape index (κ3) is 2.62. The van der Waals surface area contributed by atoms with Crippen LogP contribution in [-0.4, -0.2) is 23.1 Å². The molecule has 0 saturated carbocycles. The molecule has 1 heterocycles. The Morgan fingerprint density at radius 1 is 1.31 bits per heavy atom. The van der Waals surface area contributed by atoms with E-state index in [0.717, 1.165) is 21.7 Å². The minimum Gasteiger partial charge on any atom is -0.355 e. The van der Waals surface area contributed by atoms with E-state index in [1.54, 1.807) is 0 Å². The second-order valence-corrected chi connectivity index (χ2v) is 4.27. The van der Waals surface area contributed by atoms with Crippen molar-refractivity contribution in [3.8, 4) is 11.3 Å². The van der Waals surface area contributed by atoms with Crippen LogP contribution in [0.4, 0.5) is 5.95 Å². The number of imidazole rings is 1. The van der Waals surface area contributed by atoms with E-state index in [1.165, 1.54) is 0 Å². The van der Waals surface area contributed by atoms with E-state index in [0.29, 0.717) is 13.1 Å². The summed E-state index contributed by atoms with van der Waals surface area (Å²) in [5, 5.41) is 3.09. The molecule has 0 amide bonds. The zero-order valence-electron chi connectivity index (χ0n) is 8.70.